The zero-order chi connectivity index (χ0) is 20.0. The lowest BCUT2D eigenvalue weighted by atomic mass is 9.82. The number of ether oxygens (including phenoxy) is 3. The van der Waals surface area contributed by atoms with Gasteiger partial charge in [0.1, 0.15) is 6.61 Å². The van der Waals surface area contributed by atoms with E-state index in [4.69, 9.17) is 14.2 Å². The molecule has 0 aromatic heterocycles. The average molecular weight is 381 g/mol. The maximum Gasteiger partial charge on any atom is 0.341 e. The fourth-order valence-corrected chi connectivity index (χ4v) is 3.54. The fraction of sp³-hybridized carbons (Fsp3) is 0.737. The van der Waals surface area contributed by atoms with Gasteiger partial charge < -0.3 is 24.2 Å². The first kappa shape index (κ1) is 20.0. The molecule has 27 heavy (non-hydrogen) atoms. The largest absolute Gasteiger partial charge is 0.459 e. The summed E-state index contributed by atoms with van der Waals surface area (Å²) in [6.45, 7) is 5.57. The first-order valence-corrected chi connectivity index (χ1v) is 9.28. The van der Waals surface area contributed by atoms with Gasteiger partial charge in [0.15, 0.2) is 17.3 Å². The van der Waals surface area contributed by atoms with Crippen LogP contribution in [-0.4, -0.2) is 77.9 Å². The predicted octanol–water partition coefficient (Wildman–Crippen LogP) is 0.221. The number of hydrogen-bond acceptors (Lipinski definition) is 8. The van der Waals surface area contributed by atoms with Crippen LogP contribution in [0, 0.1) is 5.92 Å². The van der Waals surface area contributed by atoms with Crippen molar-refractivity contribution in [2.45, 2.75) is 57.0 Å². The Morgan fingerprint density at radius 1 is 1.22 bits per heavy atom. The summed E-state index contributed by atoms with van der Waals surface area (Å²) in [5, 5.41) is 10.7. The highest BCUT2D eigenvalue weighted by Gasteiger charge is 2.63. The van der Waals surface area contributed by atoms with E-state index in [9.17, 15) is 19.5 Å². The van der Waals surface area contributed by atoms with Crippen molar-refractivity contribution in [1.29, 1.82) is 0 Å². The zero-order valence-electron chi connectivity index (χ0n) is 16.2. The van der Waals surface area contributed by atoms with Crippen LogP contribution in [0.5, 0.6) is 0 Å². The van der Waals surface area contributed by atoms with E-state index in [-0.39, 0.29) is 24.4 Å². The summed E-state index contributed by atoms with van der Waals surface area (Å²) in [7, 11) is 1.89. The Hall–Kier alpha value is -1.77. The van der Waals surface area contributed by atoms with Crippen molar-refractivity contribution in [3.8, 4) is 0 Å². The maximum absolute atomic E-state index is 12.9. The van der Waals surface area contributed by atoms with Gasteiger partial charge in [0, 0.05) is 25.1 Å². The molecule has 0 radical (unpaired) electrons. The third-order valence-corrected chi connectivity index (χ3v) is 5.95. The van der Waals surface area contributed by atoms with E-state index >= 15 is 0 Å². The standard InChI is InChI=1S/C19H27NO7/c1-11-9-19(12(2)27-19)17(23)26-14-6-8-20(4)7-5-13(15(14)21)10-25-16(22)18(11,3)24/h5,11-12,14,24H,6-10H2,1-4H3/b13-5-/t11-,12-,14-,18+,19-/m1/s1. The van der Waals surface area contributed by atoms with E-state index < -0.39 is 41.3 Å². The van der Waals surface area contributed by atoms with Crippen molar-refractivity contribution in [2.24, 2.45) is 5.92 Å². The fourth-order valence-electron chi connectivity index (χ4n) is 3.54. The number of carbonyl (C=O) groups is 3. The minimum atomic E-state index is -1.82. The van der Waals surface area contributed by atoms with Crippen LogP contribution in [0.2, 0.25) is 0 Å². The van der Waals surface area contributed by atoms with Gasteiger partial charge in [-0.15, -0.1) is 0 Å². The van der Waals surface area contributed by atoms with E-state index in [1.165, 1.54) is 6.92 Å². The van der Waals surface area contributed by atoms with Crippen molar-refractivity contribution >= 4 is 17.7 Å². The van der Waals surface area contributed by atoms with Crippen molar-refractivity contribution in [2.75, 3.05) is 26.7 Å². The smallest absolute Gasteiger partial charge is 0.341 e. The summed E-state index contributed by atoms with van der Waals surface area (Å²) in [5.41, 5.74) is -2.81. The minimum absolute atomic E-state index is 0.0958. The van der Waals surface area contributed by atoms with Crippen LogP contribution in [0.4, 0.5) is 0 Å². The van der Waals surface area contributed by atoms with E-state index in [0.29, 0.717) is 19.5 Å². The second-order valence-electron chi connectivity index (χ2n) is 8.02. The third kappa shape index (κ3) is 3.66. The second-order valence-corrected chi connectivity index (χ2v) is 8.02. The Labute approximate surface area is 158 Å². The van der Waals surface area contributed by atoms with E-state index in [1.54, 1.807) is 19.9 Å². The molecule has 5 atom stereocenters. The molecular formula is C19H27NO7. The highest BCUT2D eigenvalue weighted by atomic mass is 16.7. The molecule has 1 spiro atoms. The van der Waals surface area contributed by atoms with Gasteiger partial charge in [-0.25, -0.2) is 9.59 Å². The van der Waals surface area contributed by atoms with Gasteiger partial charge in [0.2, 0.25) is 5.78 Å². The number of fused-ring (bicyclic) bond motifs is 2. The number of carbonyl (C=O) groups excluding carboxylic acids is 3. The number of ketones is 1. The van der Waals surface area contributed by atoms with Crippen LogP contribution in [0.15, 0.2) is 11.6 Å². The molecule has 0 aromatic carbocycles. The van der Waals surface area contributed by atoms with Crippen LogP contribution >= 0.6 is 0 Å². The Morgan fingerprint density at radius 3 is 2.52 bits per heavy atom. The van der Waals surface area contributed by atoms with E-state index in [2.05, 4.69) is 0 Å². The Kier molecular flexibility index (Phi) is 5.18. The summed E-state index contributed by atoms with van der Waals surface area (Å²) in [4.78, 5) is 40.2. The molecule has 2 saturated heterocycles. The summed E-state index contributed by atoms with van der Waals surface area (Å²) in [6.07, 6.45) is 0.756. The monoisotopic (exact) mass is 381 g/mol. The number of Topliss-reactive ketones (excluding diaryl/α,β-unsaturated/α-hetero) is 1. The minimum Gasteiger partial charge on any atom is -0.459 e. The molecule has 3 heterocycles. The highest BCUT2D eigenvalue weighted by Crippen LogP contribution is 2.45. The molecule has 8 heteroatoms. The van der Waals surface area contributed by atoms with Crippen LogP contribution in [0.25, 0.3) is 0 Å². The van der Waals surface area contributed by atoms with Gasteiger partial charge in [-0.1, -0.05) is 13.0 Å². The number of epoxide rings is 1. The van der Waals surface area contributed by atoms with Gasteiger partial charge in [-0.05, 0) is 33.2 Å². The number of nitrogens with zero attached hydrogens (tertiary/aromatic N) is 1. The third-order valence-electron chi connectivity index (χ3n) is 5.95. The zero-order valence-corrected chi connectivity index (χ0v) is 16.2. The summed E-state index contributed by atoms with van der Waals surface area (Å²) in [6, 6.07) is 0. The van der Waals surface area contributed by atoms with Crippen LogP contribution < -0.4 is 0 Å². The summed E-state index contributed by atoms with van der Waals surface area (Å²) >= 11 is 0. The first-order chi connectivity index (χ1) is 12.6. The molecule has 3 rings (SSSR count). The quantitative estimate of drug-likeness (QED) is 0.469. The molecule has 8 nitrogen and oxygen atoms in total. The molecule has 150 valence electrons. The van der Waals surface area contributed by atoms with Crippen molar-refractivity contribution < 1.29 is 33.7 Å². The Bertz CT molecular complexity index is 686. The van der Waals surface area contributed by atoms with Gasteiger partial charge in [-0.2, -0.15) is 0 Å². The Morgan fingerprint density at radius 2 is 1.89 bits per heavy atom. The normalized spacial score (nSPS) is 43.4. The number of likely N-dealkylation sites (N-methyl/N-ethyl adjacent to an activating group) is 1. The number of esters is 2. The van der Waals surface area contributed by atoms with Gasteiger partial charge >= 0.3 is 11.9 Å². The molecular weight excluding hydrogens is 354 g/mol. The molecule has 2 bridgehead atoms. The maximum atomic E-state index is 12.9. The SMILES string of the molecule is C[C@@H]1C[C@]2(O[C@@H]2C)C(=O)O[C@@H]2CCN(C)C/C=C(/COC(=O)[C@@]1(C)O)C2=O. The number of aliphatic hydroxyl groups is 1. The van der Waals surface area contributed by atoms with Crippen molar-refractivity contribution in [3.63, 3.8) is 0 Å². The molecule has 0 saturated carbocycles. The Balaban J connectivity index is 1.97. The lowest BCUT2D eigenvalue weighted by Gasteiger charge is -2.32. The van der Waals surface area contributed by atoms with Gasteiger partial charge in [0.25, 0.3) is 0 Å². The highest BCUT2D eigenvalue weighted by molar-refractivity contribution is 6.01. The molecule has 1 N–H and O–H groups in total. The van der Waals surface area contributed by atoms with E-state index in [1.807, 2.05) is 11.9 Å². The van der Waals surface area contributed by atoms with E-state index in [0.717, 1.165) is 0 Å². The molecule has 3 aliphatic rings. The lowest BCUT2D eigenvalue weighted by Crippen LogP contribution is -2.48. The molecule has 2 fully saturated rings. The first-order valence-electron chi connectivity index (χ1n) is 9.28. The number of hydrogen-bond donors (Lipinski definition) is 1. The molecule has 3 aliphatic heterocycles. The van der Waals surface area contributed by atoms with Crippen molar-refractivity contribution in [3.05, 3.63) is 11.6 Å². The summed E-state index contributed by atoms with van der Waals surface area (Å²) < 4.78 is 16.4. The molecule has 0 aromatic rings. The van der Waals surface area contributed by atoms with Crippen LogP contribution in [0.1, 0.15) is 33.6 Å². The van der Waals surface area contributed by atoms with Gasteiger partial charge in [0.05, 0.1) is 6.10 Å². The van der Waals surface area contributed by atoms with Crippen LogP contribution in [0.3, 0.4) is 0 Å². The lowest BCUT2D eigenvalue weighted by molar-refractivity contribution is -0.173. The average Bonchev–Trinajstić information content (AvgIpc) is 3.26. The molecule has 0 aliphatic carbocycles. The second kappa shape index (κ2) is 7.00. The molecule has 0 unspecified atom stereocenters. The number of rotatable bonds is 0. The number of cyclic esters (lactones) is 1. The topological polar surface area (TPSA) is 106 Å². The van der Waals surface area contributed by atoms with Gasteiger partial charge in [-0.3, -0.25) is 4.79 Å². The van der Waals surface area contributed by atoms with Crippen molar-refractivity contribution in [1.82, 2.24) is 4.90 Å². The summed E-state index contributed by atoms with van der Waals surface area (Å²) in [5.74, 6) is -2.43. The molecule has 0 amide bonds. The van der Waals surface area contributed by atoms with Crippen LogP contribution in [-0.2, 0) is 28.6 Å². The predicted molar refractivity (Wildman–Crippen MR) is 93.7 cm³/mol.